The summed E-state index contributed by atoms with van der Waals surface area (Å²) in [5, 5.41) is 3.82. The molecular formula is C19H24N2O4. The summed E-state index contributed by atoms with van der Waals surface area (Å²) in [6.07, 6.45) is 5.53. The summed E-state index contributed by atoms with van der Waals surface area (Å²) in [7, 11) is 1.49. The lowest BCUT2D eigenvalue weighted by molar-refractivity contribution is 0.212. The molecule has 0 saturated heterocycles. The van der Waals surface area contributed by atoms with Crippen molar-refractivity contribution >= 4 is 5.71 Å². The Morgan fingerprint density at radius 1 is 1.24 bits per heavy atom. The summed E-state index contributed by atoms with van der Waals surface area (Å²) in [6, 6.07) is 3.92. The molecule has 0 aliphatic carbocycles. The quantitative estimate of drug-likeness (QED) is 0.408. The van der Waals surface area contributed by atoms with Gasteiger partial charge in [-0.2, -0.15) is 0 Å². The van der Waals surface area contributed by atoms with Gasteiger partial charge in [-0.15, -0.1) is 0 Å². The maximum Gasteiger partial charge on any atom is 0.233 e. The number of rotatable bonds is 8. The van der Waals surface area contributed by atoms with Gasteiger partial charge in [0.1, 0.15) is 30.9 Å². The highest BCUT2D eigenvalue weighted by molar-refractivity contribution is 5.95. The summed E-state index contributed by atoms with van der Waals surface area (Å²) < 4.78 is 17.2. The summed E-state index contributed by atoms with van der Waals surface area (Å²) in [5.74, 6) is 2.67. The molecule has 0 aliphatic rings. The van der Waals surface area contributed by atoms with E-state index in [9.17, 15) is 0 Å². The molecule has 134 valence electrons. The molecule has 0 spiro atoms. The highest BCUT2D eigenvalue weighted by Crippen LogP contribution is 2.29. The van der Waals surface area contributed by atoms with E-state index in [1.165, 1.54) is 7.11 Å². The molecule has 0 N–H and O–H groups in total. The summed E-state index contributed by atoms with van der Waals surface area (Å²) in [4.78, 5) is 8.93. The van der Waals surface area contributed by atoms with Crippen molar-refractivity contribution < 1.29 is 18.7 Å². The number of aromatic nitrogens is 1. The fourth-order valence-corrected chi connectivity index (χ4v) is 2.32. The summed E-state index contributed by atoms with van der Waals surface area (Å²) in [6.45, 7) is 8.52. The summed E-state index contributed by atoms with van der Waals surface area (Å²) >= 11 is 0. The van der Waals surface area contributed by atoms with Crippen LogP contribution in [0, 0.1) is 13.8 Å². The molecule has 2 rings (SSSR count). The van der Waals surface area contributed by atoms with Crippen molar-refractivity contribution in [3.63, 3.8) is 0 Å². The second-order valence-electron chi connectivity index (χ2n) is 5.53. The molecule has 0 bridgehead atoms. The maximum atomic E-state index is 5.89. The molecular weight excluding hydrogens is 320 g/mol. The average molecular weight is 344 g/mol. The van der Waals surface area contributed by atoms with Crippen molar-refractivity contribution in [1.29, 1.82) is 0 Å². The van der Waals surface area contributed by atoms with E-state index >= 15 is 0 Å². The Morgan fingerprint density at radius 2 is 1.96 bits per heavy atom. The molecule has 1 heterocycles. The lowest BCUT2D eigenvalue weighted by Crippen LogP contribution is -2.01. The smallest absolute Gasteiger partial charge is 0.233 e. The number of ether oxygens (including phenoxy) is 2. The van der Waals surface area contributed by atoms with Crippen LogP contribution >= 0.6 is 0 Å². The predicted octanol–water partition coefficient (Wildman–Crippen LogP) is 4.20. The largest absolute Gasteiger partial charge is 0.490 e. The number of hydrogen-bond acceptors (Lipinski definition) is 6. The fourth-order valence-electron chi connectivity index (χ4n) is 2.32. The van der Waals surface area contributed by atoms with E-state index in [2.05, 4.69) is 10.1 Å². The van der Waals surface area contributed by atoms with Gasteiger partial charge in [0, 0.05) is 0 Å². The monoisotopic (exact) mass is 344 g/mol. The van der Waals surface area contributed by atoms with Gasteiger partial charge >= 0.3 is 0 Å². The van der Waals surface area contributed by atoms with Crippen LogP contribution in [0.5, 0.6) is 11.5 Å². The average Bonchev–Trinajstić information content (AvgIpc) is 3.04. The van der Waals surface area contributed by atoms with E-state index in [0.29, 0.717) is 24.0 Å². The first kappa shape index (κ1) is 18.6. The minimum atomic E-state index is 0.237. The second kappa shape index (κ2) is 8.92. The predicted molar refractivity (Wildman–Crippen MR) is 96.3 cm³/mol. The van der Waals surface area contributed by atoms with Crippen LogP contribution in [0.3, 0.4) is 0 Å². The van der Waals surface area contributed by atoms with Crippen LogP contribution in [0.25, 0.3) is 0 Å². The van der Waals surface area contributed by atoms with Crippen LogP contribution in [0.4, 0.5) is 0 Å². The van der Waals surface area contributed by atoms with Gasteiger partial charge in [0.15, 0.2) is 12.4 Å². The number of aryl methyl sites for hydroxylation is 2. The van der Waals surface area contributed by atoms with Gasteiger partial charge in [-0.05, 0) is 51.0 Å². The normalized spacial score (nSPS) is 11.8. The lowest BCUT2D eigenvalue weighted by atomic mass is 10.1. The van der Waals surface area contributed by atoms with Crippen molar-refractivity contribution in [1.82, 2.24) is 4.98 Å². The van der Waals surface area contributed by atoms with E-state index in [0.717, 1.165) is 22.6 Å². The first-order valence-electron chi connectivity index (χ1n) is 8.06. The van der Waals surface area contributed by atoms with Crippen LogP contribution in [0.2, 0.25) is 0 Å². The zero-order valence-corrected chi connectivity index (χ0v) is 15.3. The number of allylic oxidation sites excluding steroid dienone is 1. The molecule has 0 amide bonds. The van der Waals surface area contributed by atoms with Crippen molar-refractivity contribution in [2.45, 2.75) is 34.3 Å². The Kier molecular flexibility index (Phi) is 6.62. The Balaban J connectivity index is 2.04. The third-order valence-electron chi connectivity index (χ3n) is 3.49. The van der Waals surface area contributed by atoms with Crippen LogP contribution in [0.15, 0.2) is 40.1 Å². The molecule has 0 atom stereocenters. The van der Waals surface area contributed by atoms with Gasteiger partial charge in [-0.1, -0.05) is 17.3 Å². The molecule has 0 radical (unpaired) electrons. The van der Waals surface area contributed by atoms with Crippen LogP contribution in [-0.2, 0) is 11.4 Å². The molecule has 1 aromatic heterocycles. The third-order valence-corrected chi connectivity index (χ3v) is 3.49. The number of oxime groups is 1. The molecule has 6 heteroatoms. The van der Waals surface area contributed by atoms with Gasteiger partial charge in [0.05, 0.1) is 6.20 Å². The van der Waals surface area contributed by atoms with Gasteiger partial charge in [0.25, 0.3) is 0 Å². The molecule has 6 nitrogen and oxygen atoms in total. The molecule has 0 fully saturated rings. The number of oxazole rings is 1. The minimum absolute atomic E-state index is 0.237. The Bertz CT molecular complexity index is 740. The first-order chi connectivity index (χ1) is 12.0. The first-order valence-corrected chi connectivity index (χ1v) is 8.06. The van der Waals surface area contributed by atoms with Crippen molar-refractivity contribution in [3.05, 3.63) is 53.3 Å². The molecule has 25 heavy (non-hydrogen) atoms. The van der Waals surface area contributed by atoms with Crippen molar-refractivity contribution in [3.8, 4) is 11.5 Å². The molecule has 0 unspecified atom stereocenters. The van der Waals surface area contributed by atoms with Gasteiger partial charge in [-0.25, -0.2) is 4.98 Å². The number of benzene rings is 1. The van der Waals surface area contributed by atoms with Gasteiger partial charge < -0.3 is 18.7 Å². The minimum Gasteiger partial charge on any atom is -0.490 e. The number of nitrogens with zero attached hydrogens (tertiary/aromatic N) is 2. The second-order valence-corrected chi connectivity index (χ2v) is 5.53. The standard InChI is InChI=1S/C19H24N2O4/c1-6-7-8-23-16-9-13(2)19(14(3)10-16)24-12-18-20-11-17(25-18)15(4)21-22-5/h6-7,9-11H,8,12H2,1-5H3/b7-6+,21-15+. The zero-order valence-electron chi connectivity index (χ0n) is 15.3. The maximum absolute atomic E-state index is 5.89. The van der Waals surface area contributed by atoms with Crippen LogP contribution in [-0.4, -0.2) is 24.4 Å². The highest BCUT2D eigenvalue weighted by atomic mass is 16.6. The molecule has 0 saturated carbocycles. The van der Waals surface area contributed by atoms with E-state index in [4.69, 9.17) is 18.7 Å². The van der Waals surface area contributed by atoms with E-state index in [1.807, 2.05) is 45.1 Å². The van der Waals surface area contributed by atoms with E-state index in [-0.39, 0.29) is 6.61 Å². The van der Waals surface area contributed by atoms with Crippen LogP contribution in [0.1, 0.15) is 36.6 Å². The molecule has 1 aromatic carbocycles. The van der Waals surface area contributed by atoms with Gasteiger partial charge in [0.2, 0.25) is 5.89 Å². The third kappa shape index (κ3) is 5.11. The van der Waals surface area contributed by atoms with Gasteiger partial charge in [-0.3, -0.25) is 0 Å². The Morgan fingerprint density at radius 3 is 2.60 bits per heavy atom. The fraction of sp³-hybridized carbons (Fsp3) is 0.368. The zero-order chi connectivity index (χ0) is 18.2. The molecule has 0 aliphatic heterocycles. The van der Waals surface area contributed by atoms with E-state index in [1.54, 1.807) is 13.1 Å². The SMILES string of the molecule is C/C=C/COc1cc(C)c(OCc2ncc(/C(C)=N/OC)o2)c(C)c1. The van der Waals surface area contributed by atoms with Crippen molar-refractivity contribution in [2.24, 2.45) is 5.16 Å². The Hall–Kier alpha value is -2.76. The molecule has 2 aromatic rings. The Labute approximate surface area is 148 Å². The lowest BCUT2D eigenvalue weighted by Gasteiger charge is -2.13. The van der Waals surface area contributed by atoms with E-state index < -0.39 is 0 Å². The summed E-state index contributed by atoms with van der Waals surface area (Å²) in [5.41, 5.74) is 2.62. The van der Waals surface area contributed by atoms with Crippen LogP contribution < -0.4 is 9.47 Å². The topological polar surface area (TPSA) is 66.1 Å². The number of hydrogen-bond donors (Lipinski definition) is 0. The highest BCUT2D eigenvalue weighted by Gasteiger charge is 2.11. The van der Waals surface area contributed by atoms with Crippen molar-refractivity contribution in [2.75, 3.05) is 13.7 Å².